The van der Waals surface area contributed by atoms with Crippen LogP contribution in [0.1, 0.15) is 28.9 Å². The predicted molar refractivity (Wildman–Crippen MR) is 110 cm³/mol. The monoisotopic (exact) mass is 421 g/mol. The van der Waals surface area contributed by atoms with Gasteiger partial charge in [-0.15, -0.1) is 0 Å². The maximum atomic E-state index is 13.0. The summed E-state index contributed by atoms with van der Waals surface area (Å²) in [7, 11) is 0. The molecule has 1 aromatic heterocycles. The van der Waals surface area contributed by atoms with Gasteiger partial charge in [-0.3, -0.25) is 4.79 Å². The minimum absolute atomic E-state index is 0.101. The number of carbonyl (C=O) groups excluding carboxylic acids is 1. The molecule has 0 saturated carbocycles. The first-order chi connectivity index (χ1) is 13.2. The lowest BCUT2D eigenvalue weighted by Crippen LogP contribution is -2.51. The number of anilines is 1. The summed E-state index contributed by atoms with van der Waals surface area (Å²) in [5, 5.41) is 3.80. The summed E-state index contributed by atoms with van der Waals surface area (Å²) in [5.74, 6) is 0.101. The van der Waals surface area contributed by atoms with E-state index in [9.17, 15) is 4.79 Å². The Labute approximate surface area is 166 Å². The number of fused-ring (bicyclic) bond motifs is 4. The van der Waals surface area contributed by atoms with Crippen LogP contribution in [-0.4, -0.2) is 28.5 Å². The van der Waals surface area contributed by atoms with Gasteiger partial charge in [-0.05, 0) is 65.2 Å². The van der Waals surface area contributed by atoms with Crippen molar-refractivity contribution < 1.29 is 4.79 Å². The van der Waals surface area contributed by atoms with E-state index in [0.29, 0.717) is 0 Å². The van der Waals surface area contributed by atoms with Gasteiger partial charge in [0.2, 0.25) is 0 Å². The molecule has 0 unspecified atom stereocenters. The highest BCUT2D eigenvalue weighted by molar-refractivity contribution is 9.10. The number of nitrogens with zero attached hydrogens (tertiary/aromatic N) is 2. The van der Waals surface area contributed by atoms with E-state index in [-0.39, 0.29) is 11.4 Å². The quantitative estimate of drug-likeness (QED) is 0.612. The molecule has 2 aromatic carbocycles. The Morgan fingerprint density at radius 1 is 0.963 bits per heavy atom. The molecule has 136 valence electrons. The van der Waals surface area contributed by atoms with Gasteiger partial charge in [0.1, 0.15) is 0 Å². The molecule has 2 aliphatic rings. The molecule has 0 atom stereocenters. The molecule has 5 heteroatoms. The lowest BCUT2D eigenvalue weighted by atomic mass is 9.82. The summed E-state index contributed by atoms with van der Waals surface area (Å²) in [6, 6.07) is 20.4. The molecular weight excluding hydrogens is 402 g/mol. The van der Waals surface area contributed by atoms with E-state index in [0.717, 1.165) is 41.7 Å². The van der Waals surface area contributed by atoms with E-state index in [1.54, 1.807) is 0 Å². The number of amides is 1. The van der Waals surface area contributed by atoms with E-state index >= 15 is 0 Å². The SMILES string of the molecule is O=C(c1ccccc1Br)N1CCC2(CC1)Nc1ccccc1-n1cccc12. The molecule has 0 bridgehead atoms. The van der Waals surface area contributed by atoms with Crippen molar-refractivity contribution in [3.63, 3.8) is 0 Å². The third-order valence-corrected chi connectivity index (χ3v) is 6.48. The van der Waals surface area contributed by atoms with Crippen LogP contribution < -0.4 is 5.32 Å². The summed E-state index contributed by atoms with van der Waals surface area (Å²) < 4.78 is 3.14. The van der Waals surface area contributed by atoms with Gasteiger partial charge >= 0.3 is 0 Å². The number of aromatic nitrogens is 1. The molecule has 3 heterocycles. The second kappa shape index (κ2) is 6.27. The van der Waals surface area contributed by atoms with Crippen LogP contribution in [0.3, 0.4) is 0 Å². The summed E-state index contributed by atoms with van der Waals surface area (Å²) in [4.78, 5) is 14.9. The van der Waals surface area contributed by atoms with Crippen LogP contribution in [0.2, 0.25) is 0 Å². The average molecular weight is 422 g/mol. The van der Waals surface area contributed by atoms with E-state index in [1.807, 2.05) is 29.2 Å². The first kappa shape index (κ1) is 16.6. The summed E-state index contributed by atoms with van der Waals surface area (Å²) in [6.07, 6.45) is 3.92. The fourth-order valence-corrected chi connectivity index (χ4v) is 4.82. The highest BCUT2D eigenvalue weighted by Crippen LogP contribution is 2.43. The smallest absolute Gasteiger partial charge is 0.255 e. The summed E-state index contributed by atoms with van der Waals surface area (Å²) in [5.41, 5.74) is 4.25. The lowest BCUT2D eigenvalue weighted by Gasteiger charge is -2.46. The van der Waals surface area contributed by atoms with Crippen molar-refractivity contribution in [3.05, 3.63) is 82.6 Å². The number of halogens is 1. The molecule has 5 rings (SSSR count). The number of carbonyl (C=O) groups is 1. The van der Waals surface area contributed by atoms with Gasteiger partial charge in [0.15, 0.2) is 0 Å². The third kappa shape index (κ3) is 2.60. The van der Waals surface area contributed by atoms with Crippen molar-refractivity contribution in [3.8, 4) is 5.69 Å². The van der Waals surface area contributed by atoms with Gasteiger partial charge in [-0.2, -0.15) is 0 Å². The lowest BCUT2D eigenvalue weighted by molar-refractivity contribution is 0.0675. The number of rotatable bonds is 1. The zero-order valence-corrected chi connectivity index (χ0v) is 16.4. The van der Waals surface area contributed by atoms with Gasteiger partial charge in [0, 0.05) is 29.5 Å². The largest absolute Gasteiger partial charge is 0.372 e. The minimum Gasteiger partial charge on any atom is -0.372 e. The highest BCUT2D eigenvalue weighted by atomic mass is 79.9. The number of para-hydroxylation sites is 2. The van der Waals surface area contributed by atoms with Crippen molar-refractivity contribution in [1.29, 1.82) is 0 Å². The van der Waals surface area contributed by atoms with E-state index in [2.05, 4.69) is 68.4 Å². The van der Waals surface area contributed by atoms with Gasteiger partial charge < -0.3 is 14.8 Å². The zero-order chi connectivity index (χ0) is 18.4. The van der Waals surface area contributed by atoms with Crippen LogP contribution in [0.25, 0.3) is 5.69 Å². The van der Waals surface area contributed by atoms with Crippen LogP contribution in [0.4, 0.5) is 5.69 Å². The van der Waals surface area contributed by atoms with Crippen LogP contribution in [0.5, 0.6) is 0 Å². The summed E-state index contributed by atoms with van der Waals surface area (Å²) >= 11 is 3.50. The van der Waals surface area contributed by atoms with Crippen LogP contribution in [0, 0.1) is 0 Å². The molecule has 3 aromatic rings. The van der Waals surface area contributed by atoms with Crippen LogP contribution in [0.15, 0.2) is 71.3 Å². The molecule has 27 heavy (non-hydrogen) atoms. The number of likely N-dealkylation sites (tertiary alicyclic amines) is 1. The second-order valence-electron chi connectivity index (χ2n) is 7.26. The number of benzene rings is 2. The molecule has 0 aliphatic carbocycles. The number of piperidine rings is 1. The Balaban J connectivity index is 1.42. The highest BCUT2D eigenvalue weighted by Gasteiger charge is 2.42. The van der Waals surface area contributed by atoms with Crippen molar-refractivity contribution >= 4 is 27.5 Å². The Morgan fingerprint density at radius 2 is 1.70 bits per heavy atom. The Kier molecular flexibility index (Phi) is 3.86. The molecule has 1 fully saturated rings. The molecule has 2 aliphatic heterocycles. The van der Waals surface area contributed by atoms with E-state index in [4.69, 9.17) is 0 Å². The average Bonchev–Trinajstić information content (AvgIpc) is 3.20. The van der Waals surface area contributed by atoms with Crippen molar-refractivity contribution in [2.24, 2.45) is 0 Å². The standard InChI is InChI=1S/C22H20BrN3O/c23-17-7-2-1-6-16(17)21(27)25-14-11-22(12-15-25)20-10-5-13-26(20)19-9-4-3-8-18(19)24-22/h1-10,13,24H,11-12,14-15H2. The first-order valence-corrected chi connectivity index (χ1v) is 10.1. The molecule has 0 radical (unpaired) electrons. The maximum Gasteiger partial charge on any atom is 0.255 e. The number of hydrogen-bond acceptors (Lipinski definition) is 2. The number of hydrogen-bond donors (Lipinski definition) is 1. The predicted octanol–water partition coefficient (Wildman–Crippen LogP) is 4.80. The van der Waals surface area contributed by atoms with Gasteiger partial charge in [-0.25, -0.2) is 0 Å². The Hall–Kier alpha value is -2.53. The molecule has 1 N–H and O–H groups in total. The van der Waals surface area contributed by atoms with Crippen LogP contribution in [-0.2, 0) is 5.54 Å². The molecular formula is C22H20BrN3O. The first-order valence-electron chi connectivity index (χ1n) is 9.27. The minimum atomic E-state index is -0.122. The third-order valence-electron chi connectivity index (χ3n) is 5.79. The normalized spacial score (nSPS) is 17.1. The number of nitrogens with one attached hydrogen (secondary N) is 1. The van der Waals surface area contributed by atoms with Crippen molar-refractivity contribution in [2.45, 2.75) is 18.4 Å². The van der Waals surface area contributed by atoms with Gasteiger partial charge in [0.05, 0.1) is 22.5 Å². The molecule has 1 spiro atoms. The fraction of sp³-hybridized carbons (Fsp3) is 0.227. The van der Waals surface area contributed by atoms with E-state index < -0.39 is 0 Å². The topological polar surface area (TPSA) is 37.3 Å². The Bertz CT molecular complexity index is 1020. The summed E-state index contributed by atoms with van der Waals surface area (Å²) in [6.45, 7) is 1.47. The Morgan fingerprint density at radius 3 is 2.52 bits per heavy atom. The van der Waals surface area contributed by atoms with Gasteiger partial charge in [0.25, 0.3) is 5.91 Å². The molecule has 1 amide bonds. The second-order valence-corrected chi connectivity index (χ2v) is 8.11. The maximum absolute atomic E-state index is 13.0. The van der Waals surface area contributed by atoms with Crippen molar-refractivity contribution in [1.82, 2.24) is 9.47 Å². The van der Waals surface area contributed by atoms with Crippen molar-refractivity contribution in [2.75, 3.05) is 18.4 Å². The van der Waals surface area contributed by atoms with E-state index in [1.165, 1.54) is 11.4 Å². The molecule has 4 nitrogen and oxygen atoms in total. The molecule has 1 saturated heterocycles. The van der Waals surface area contributed by atoms with Crippen LogP contribution >= 0.6 is 15.9 Å². The van der Waals surface area contributed by atoms with Gasteiger partial charge in [-0.1, -0.05) is 24.3 Å². The fourth-order valence-electron chi connectivity index (χ4n) is 4.37. The zero-order valence-electron chi connectivity index (χ0n) is 14.9.